The van der Waals surface area contributed by atoms with E-state index in [9.17, 15) is 4.79 Å². The van der Waals surface area contributed by atoms with Crippen molar-refractivity contribution in [1.82, 2.24) is 4.90 Å². The Morgan fingerprint density at radius 3 is 2.58 bits per heavy atom. The Labute approximate surface area is 159 Å². The lowest BCUT2D eigenvalue weighted by atomic mass is 9.95. The molecule has 0 spiro atoms. The minimum Gasteiger partial charge on any atom is -0.493 e. The predicted molar refractivity (Wildman–Crippen MR) is 98.1 cm³/mol. The van der Waals surface area contributed by atoms with Gasteiger partial charge in [-0.15, -0.1) is 0 Å². The van der Waals surface area contributed by atoms with Crippen molar-refractivity contribution < 1.29 is 23.7 Å². The van der Waals surface area contributed by atoms with Gasteiger partial charge in [0.15, 0.2) is 17.8 Å². The molecular weight excluding hydrogens is 358 g/mol. The molecule has 0 radical (unpaired) electrons. The van der Waals surface area contributed by atoms with Gasteiger partial charge < -0.3 is 23.8 Å². The number of hydrogen-bond donors (Lipinski definition) is 0. The van der Waals surface area contributed by atoms with Crippen LogP contribution in [0.3, 0.4) is 0 Å². The standard InChI is InChI=1S/C19H26ClNO5/c1-3-8-24-17-15(20)11-14(12-16(17)23-2)18(22)21-6-4-13(5-7-21)19-25-9-10-26-19/h11-13,19H,3-10H2,1-2H3. The summed E-state index contributed by atoms with van der Waals surface area (Å²) in [5.74, 6) is 1.28. The second-order valence-corrected chi connectivity index (χ2v) is 6.98. The molecule has 1 amide bonds. The van der Waals surface area contributed by atoms with E-state index in [2.05, 4.69) is 0 Å². The summed E-state index contributed by atoms with van der Waals surface area (Å²) < 4.78 is 22.2. The quantitative estimate of drug-likeness (QED) is 0.753. The number of piperidine rings is 1. The van der Waals surface area contributed by atoms with Crippen molar-refractivity contribution in [3.63, 3.8) is 0 Å². The normalized spacial score (nSPS) is 19.0. The molecule has 0 bridgehead atoms. The molecule has 2 heterocycles. The van der Waals surface area contributed by atoms with Gasteiger partial charge in [-0.2, -0.15) is 0 Å². The smallest absolute Gasteiger partial charge is 0.254 e. The lowest BCUT2D eigenvalue weighted by Crippen LogP contribution is -2.41. The Balaban J connectivity index is 1.67. The number of amides is 1. The highest BCUT2D eigenvalue weighted by Crippen LogP contribution is 2.37. The predicted octanol–water partition coefficient (Wildman–Crippen LogP) is 3.36. The molecule has 1 aromatic carbocycles. The molecule has 2 fully saturated rings. The van der Waals surface area contributed by atoms with Crippen LogP contribution in [0.1, 0.15) is 36.5 Å². The SMILES string of the molecule is CCCOc1c(Cl)cc(C(=O)N2CCC(C3OCCO3)CC2)cc1OC. The lowest BCUT2D eigenvalue weighted by Gasteiger charge is -2.34. The van der Waals surface area contributed by atoms with E-state index in [0.29, 0.717) is 60.9 Å². The number of halogens is 1. The molecule has 2 aliphatic heterocycles. The number of benzene rings is 1. The number of rotatable bonds is 6. The van der Waals surface area contributed by atoms with Gasteiger partial charge in [0.25, 0.3) is 5.91 Å². The summed E-state index contributed by atoms with van der Waals surface area (Å²) in [4.78, 5) is 14.7. The molecule has 0 unspecified atom stereocenters. The highest BCUT2D eigenvalue weighted by Gasteiger charge is 2.32. The largest absolute Gasteiger partial charge is 0.493 e. The van der Waals surface area contributed by atoms with Crippen LogP contribution in [-0.4, -0.2) is 57.1 Å². The summed E-state index contributed by atoms with van der Waals surface area (Å²) in [6.45, 7) is 5.25. The maximum atomic E-state index is 12.9. The summed E-state index contributed by atoms with van der Waals surface area (Å²) in [5.41, 5.74) is 0.516. The third-order valence-electron chi connectivity index (χ3n) is 4.79. The third kappa shape index (κ3) is 4.24. The zero-order chi connectivity index (χ0) is 18.5. The van der Waals surface area contributed by atoms with Crippen molar-refractivity contribution >= 4 is 17.5 Å². The van der Waals surface area contributed by atoms with Crippen LogP contribution in [0.4, 0.5) is 0 Å². The number of ether oxygens (including phenoxy) is 4. The first-order valence-electron chi connectivity index (χ1n) is 9.16. The Bertz CT molecular complexity index is 625. The van der Waals surface area contributed by atoms with Crippen molar-refractivity contribution in [2.45, 2.75) is 32.5 Å². The van der Waals surface area contributed by atoms with Crippen LogP contribution >= 0.6 is 11.6 Å². The summed E-state index contributed by atoms with van der Waals surface area (Å²) in [5, 5.41) is 0.392. The number of nitrogens with zero attached hydrogens (tertiary/aromatic N) is 1. The van der Waals surface area contributed by atoms with Crippen LogP contribution in [0, 0.1) is 5.92 Å². The van der Waals surface area contributed by atoms with Gasteiger partial charge in [0.2, 0.25) is 0 Å². The molecule has 1 aromatic rings. The summed E-state index contributed by atoms with van der Waals surface area (Å²) in [6, 6.07) is 3.36. The summed E-state index contributed by atoms with van der Waals surface area (Å²) in [6.07, 6.45) is 2.50. The first-order valence-corrected chi connectivity index (χ1v) is 9.54. The molecule has 7 heteroatoms. The maximum absolute atomic E-state index is 12.9. The molecule has 0 aliphatic carbocycles. The summed E-state index contributed by atoms with van der Waals surface area (Å²) in [7, 11) is 1.55. The van der Waals surface area contributed by atoms with Crippen molar-refractivity contribution in [1.29, 1.82) is 0 Å². The fourth-order valence-corrected chi connectivity index (χ4v) is 3.66. The van der Waals surface area contributed by atoms with Crippen molar-refractivity contribution in [3.05, 3.63) is 22.7 Å². The van der Waals surface area contributed by atoms with Gasteiger partial charge in [0.05, 0.1) is 32.0 Å². The molecule has 144 valence electrons. The van der Waals surface area contributed by atoms with Gasteiger partial charge in [-0.25, -0.2) is 0 Å². The number of likely N-dealkylation sites (tertiary alicyclic amines) is 1. The highest BCUT2D eigenvalue weighted by atomic mass is 35.5. The Hall–Kier alpha value is -1.50. The van der Waals surface area contributed by atoms with Gasteiger partial charge in [-0.3, -0.25) is 4.79 Å². The minimum atomic E-state index is -0.114. The van der Waals surface area contributed by atoms with Crippen molar-refractivity contribution in [2.75, 3.05) is 40.0 Å². The fraction of sp³-hybridized carbons (Fsp3) is 0.632. The molecule has 3 rings (SSSR count). The van der Waals surface area contributed by atoms with Crippen LogP contribution in [0.5, 0.6) is 11.5 Å². The molecule has 0 N–H and O–H groups in total. The Kier molecular flexibility index (Phi) is 6.62. The maximum Gasteiger partial charge on any atom is 0.254 e. The molecule has 26 heavy (non-hydrogen) atoms. The van der Waals surface area contributed by atoms with Gasteiger partial charge in [-0.1, -0.05) is 18.5 Å². The fourth-order valence-electron chi connectivity index (χ4n) is 3.39. The van der Waals surface area contributed by atoms with Gasteiger partial charge in [0.1, 0.15) is 0 Å². The molecule has 0 aromatic heterocycles. The van der Waals surface area contributed by atoms with Crippen molar-refractivity contribution in [3.8, 4) is 11.5 Å². The topological polar surface area (TPSA) is 57.2 Å². The van der Waals surface area contributed by atoms with E-state index in [1.807, 2.05) is 11.8 Å². The van der Waals surface area contributed by atoms with E-state index in [-0.39, 0.29) is 12.2 Å². The van der Waals surface area contributed by atoms with Crippen molar-refractivity contribution in [2.24, 2.45) is 5.92 Å². The molecule has 2 aliphatic rings. The Morgan fingerprint density at radius 2 is 1.96 bits per heavy atom. The van der Waals surface area contributed by atoms with Crippen LogP contribution in [0.25, 0.3) is 0 Å². The van der Waals surface area contributed by atoms with Crippen LogP contribution < -0.4 is 9.47 Å². The second kappa shape index (κ2) is 8.93. The van der Waals surface area contributed by atoms with Gasteiger partial charge in [0, 0.05) is 24.6 Å². The van der Waals surface area contributed by atoms with Gasteiger partial charge in [-0.05, 0) is 31.4 Å². The van der Waals surface area contributed by atoms with Crippen LogP contribution in [0.15, 0.2) is 12.1 Å². The zero-order valence-corrected chi connectivity index (χ0v) is 16.1. The van der Waals surface area contributed by atoms with E-state index in [1.165, 1.54) is 0 Å². The highest BCUT2D eigenvalue weighted by molar-refractivity contribution is 6.32. The monoisotopic (exact) mass is 383 g/mol. The third-order valence-corrected chi connectivity index (χ3v) is 5.07. The number of carbonyl (C=O) groups excluding carboxylic acids is 1. The van der Waals surface area contributed by atoms with Crippen LogP contribution in [0.2, 0.25) is 5.02 Å². The zero-order valence-electron chi connectivity index (χ0n) is 15.3. The molecular formula is C19H26ClNO5. The van der Waals surface area contributed by atoms with Gasteiger partial charge >= 0.3 is 0 Å². The van der Waals surface area contributed by atoms with E-state index >= 15 is 0 Å². The second-order valence-electron chi connectivity index (χ2n) is 6.58. The average molecular weight is 384 g/mol. The Morgan fingerprint density at radius 1 is 1.27 bits per heavy atom. The molecule has 6 nitrogen and oxygen atoms in total. The summed E-state index contributed by atoms with van der Waals surface area (Å²) >= 11 is 6.33. The number of carbonyl (C=O) groups is 1. The van der Waals surface area contributed by atoms with E-state index in [0.717, 1.165) is 19.3 Å². The first-order chi connectivity index (χ1) is 12.6. The molecule has 0 atom stereocenters. The van der Waals surface area contributed by atoms with E-state index in [1.54, 1.807) is 19.2 Å². The lowest BCUT2D eigenvalue weighted by molar-refractivity contribution is -0.0956. The minimum absolute atomic E-state index is 0.0426. The molecule has 0 saturated carbocycles. The van der Waals surface area contributed by atoms with E-state index in [4.69, 9.17) is 30.5 Å². The molecule has 2 saturated heterocycles. The van der Waals surface area contributed by atoms with E-state index < -0.39 is 0 Å². The number of hydrogen-bond acceptors (Lipinski definition) is 5. The average Bonchev–Trinajstić information content (AvgIpc) is 3.21. The van der Waals surface area contributed by atoms with Crippen LogP contribution in [-0.2, 0) is 9.47 Å². The first kappa shape index (κ1) is 19.3. The number of methoxy groups -OCH3 is 1.